The maximum absolute atomic E-state index is 12.8. The number of aromatic nitrogens is 1. The molecule has 1 aliphatic rings. The highest BCUT2D eigenvalue weighted by Crippen LogP contribution is 2.31. The number of nitrogens with zero attached hydrogens (tertiary/aromatic N) is 3. The molecule has 1 aliphatic heterocycles. The van der Waals surface area contributed by atoms with Gasteiger partial charge < -0.3 is 9.80 Å². The Morgan fingerprint density at radius 1 is 1.07 bits per heavy atom. The maximum Gasteiger partial charge on any atom is 0.254 e. The maximum atomic E-state index is 12.8. The largest absolute Gasteiger partial charge is 0.345 e. The fourth-order valence-corrected chi connectivity index (χ4v) is 4.90. The van der Waals surface area contributed by atoms with Crippen LogP contribution in [0.5, 0.6) is 0 Å². The number of piperazine rings is 1. The lowest BCUT2D eigenvalue weighted by Crippen LogP contribution is -2.48. The van der Waals surface area contributed by atoms with Gasteiger partial charge in [0.2, 0.25) is 0 Å². The number of hydrogen-bond donors (Lipinski definition) is 0. The summed E-state index contributed by atoms with van der Waals surface area (Å²) >= 11 is 3.41. The van der Waals surface area contributed by atoms with Gasteiger partial charge in [-0.2, -0.15) is 0 Å². The number of aryl methyl sites for hydroxylation is 2. The highest BCUT2D eigenvalue weighted by molar-refractivity contribution is 7.98. The van der Waals surface area contributed by atoms with Crippen molar-refractivity contribution in [2.24, 2.45) is 0 Å². The smallest absolute Gasteiger partial charge is 0.254 e. The van der Waals surface area contributed by atoms with Gasteiger partial charge in [0.1, 0.15) is 0 Å². The molecule has 2 aromatic carbocycles. The van der Waals surface area contributed by atoms with Crippen LogP contribution in [0, 0.1) is 13.8 Å². The van der Waals surface area contributed by atoms with E-state index in [1.54, 1.807) is 23.1 Å². The van der Waals surface area contributed by atoms with Gasteiger partial charge in [0, 0.05) is 36.6 Å². The fraction of sp³-hybridized carbons (Fsp3) is 0.333. The van der Waals surface area contributed by atoms with Gasteiger partial charge in [-0.25, -0.2) is 4.98 Å². The molecular formula is C21H23N3OS2. The van der Waals surface area contributed by atoms with Crippen molar-refractivity contribution in [3.05, 3.63) is 53.1 Å². The molecule has 0 aliphatic carbocycles. The quantitative estimate of drug-likeness (QED) is 0.605. The van der Waals surface area contributed by atoms with E-state index in [4.69, 9.17) is 4.98 Å². The van der Waals surface area contributed by atoms with Crippen LogP contribution in [-0.2, 0) is 0 Å². The van der Waals surface area contributed by atoms with Crippen LogP contribution in [0.3, 0.4) is 0 Å². The van der Waals surface area contributed by atoms with E-state index in [0.717, 1.165) is 47.3 Å². The van der Waals surface area contributed by atoms with Crippen LogP contribution < -0.4 is 4.90 Å². The van der Waals surface area contributed by atoms with Crippen LogP contribution in [0.1, 0.15) is 21.5 Å². The van der Waals surface area contributed by atoms with Crippen LogP contribution in [0.4, 0.5) is 5.13 Å². The molecule has 2 heterocycles. The second-order valence-corrected chi connectivity index (χ2v) is 8.80. The summed E-state index contributed by atoms with van der Waals surface area (Å²) in [5, 5.41) is 1.06. The molecule has 1 fully saturated rings. The zero-order chi connectivity index (χ0) is 19.0. The van der Waals surface area contributed by atoms with E-state index in [0.29, 0.717) is 0 Å². The van der Waals surface area contributed by atoms with Crippen molar-refractivity contribution in [3.8, 4) is 0 Å². The lowest BCUT2D eigenvalue weighted by Gasteiger charge is -2.34. The van der Waals surface area contributed by atoms with Crippen LogP contribution in [0.25, 0.3) is 10.2 Å². The van der Waals surface area contributed by atoms with Gasteiger partial charge in [-0.1, -0.05) is 17.4 Å². The Morgan fingerprint density at radius 2 is 1.81 bits per heavy atom. The summed E-state index contributed by atoms with van der Waals surface area (Å²) in [5.41, 5.74) is 4.44. The summed E-state index contributed by atoms with van der Waals surface area (Å²) < 4.78 is 1.24. The predicted molar refractivity (Wildman–Crippen MR) is 115 cm³/mol. The first-order valence-corrected chi connectivity index (χ1v) is 11.2. The number of anilines is 1. The number of carbonyl (C=O) groups is 1. The first-order valence-electron chi connectivity index (χ1n) is 9.11. The molecule has 0 radical (unpaired) electrons. The van der Waals surface area contributed by atoms with Crippen LogP contribution in [-0.4, -0.2) is 48.2 Å². The van der Waals surface area contributed by atoms with E-state index < -0.39 is 0 Å². The SMILES string of the molecule is CSc1cccc(C(=O)N2CCN(c3nc4cc(C)c(C)cc4s3)CC2)c1. The second-order valence-electron chi connectivity index (χ2n) is 6.91. The zero-order valence-electron chi connectivity index (χ0n) is 15.9. The van der Waals surface area contributed by atoms with E-state index in [1.165, 1.54) is 15.8 Å². The van der Waals surface area contributed by atoms with Crippen molar-refractivity contribution in [1.29, 1.82) is 0 Å². The predicted octanol–water partition coefficient (Wildman–Crippen LogP) is 4.60. The van der Waals surface area contributed by atoms with Gasteiger partial charge in [0.25, 0.3) is 5.91 Å². The minimum atomic E-state index is 0.126. The molecule has 0 atom stereocenters. The molecule has 0 saturated carbocycles. The zero-order valence-corrected chi connectivity index (χ0v) is 17.5. The number of fused-ring (bicyclic) bond motifs is 1. The number of hydrogen-bond acceptors (Lipinski definition) is 5. The molecule has 1 saturated heterocycles. The third kappa shape index (κ3) is 3.69. The first-order chi connectivity index (χ1) is 13.0. The minimum Gasteiger partial charge on any atom is -0.345 e. The molecule has 0 spiro atoms. The summed E-state index contributed by atoms with van der Waals surface area (Å²) in [7, 11) is 0. The Hall–Kier alpha value is -2.05. The highest BCUT2D eigenvalue weighted by atomic mass is 32.2. The van der Waals surface area contributed by atoms with Gasteiger partial charge in [-0.05, 0) is 61.6 Å². The number of rotatable bonds is 3. The summed E-state index contributed by atoms with van der Waals surface area (Å²) in [4.78, 5) is 23.0. The average molecular weight is 398 g/mol. The van der Waals surface area contributed by atoms with E-state index in [-0.39, 0.29) is 5.91 Å². The lowest BCUT2D eigenvalue weighted by molar-refractivity contribution is 0.0746. The van der Waals surface area contributed by atoms with Crippen molar-refractivity contribution >= 4 is 44.4 Å². The lowest BCUT2D eigenvalue weighted by atomic mass is 10.1. The third-order valence-corrected chi connectivity index (χ3v) is 6.95. The number of thiazole rings is 1. The normalized spacial score (nSPS) is 14.8. The monoisotopic (exact) mass is 397 g/mol. The van der Waals surface area contributed by atoms with E-state index in [2.05, 4.69) is 30.9 Å². The molecule has 0 unspecified atom stereocenters. The van der Waals surface area contributed by atoms with Gasteiger partial charge in [0.15, 0.2) is 5.13 Å². The Labute approximate surface area is 168 Å². The highest BCUT2D eigenvalue weighted by Gasteiger charge is 2.24. The topological polar surface area (TPSA) is 36.4 Å². The molecule has 27 heavy (non-hydrogen) atoms. The van der Waals surface area contributed by atoms with Crippen molar-refractivity contribution < 1.29 is 4.79 Å². The Morgan fingerprint density at radius 3 is 2.56 bits per heavy atom. The molecule has 6 heteroatoms. The molecule has 1 amide bonds. The van der Waals surface area contributed by atoms with Gasteiger partial charge in [-0.15, -0.1) is 11.8 Å². The van der Waals surface area contributed by atoms with Gasteiger partial charge in [0.05, 0.1) is 10.2 Å². The number of carbonyl (C=O) groups excluding carboxylic acids is 1. The molecule has 4 nitrogen and oxygen atoms in total. The van der Waals surface area contributed by atoms with Crippen molar-refractivity contribution in [1.82, 2.24) is 9.88 Å². The van der Waals surface area contributed by atoms with E-state index >= 15 is 0 Å². The molecule has 3 aromatic rings. The summed E-state index contributed by atoms with van der Waals surface area (Å²) in [6, 6.07) is 12.3. The molecule has 0 N–H and O–H groups in total. The van der Waals surface area contributed by atoms with Crippen LogP contribution >= 0.6 is 23.1 Å². The standard InChI is InChI=1S/C21H23N3OS2/c1-14-11-18-19(12-15(14)2)27-21(22-18)24-9-7-23(8-10-24)20(25)16-5-4-6-17(13-16)26-3/h4-6,11-13H,7-10H2,1-3H3. The van der Waals surface area contributed by atoms with E-state index in [9.17, 15) is 4.79 Å². The van der Waals surface area contributed by atoms with Crippen molar-refractivity contribution in [3.63, 3.8) is 0 Å². The minimum absolute atomic E-state index is 0.126. The van der Waals surface area contributed by atoms with Crippen LogP contribution in [0.2, 0.25) is 0 Å². The first kappa shape index (κ1) is 18.3. The average Bonchev–Trinajstić information content (AvgIpc) is 3.10. The fourth-order valence-electron chi connectivity index (χ4n) is 3.34. The second kappa shape index (κ2) is 7.52. The molecular weight excluding hydrogens is 374 g/mol. The number of benzene rings is 2. The summed E-state index contributed by atoms with van der Waals surface area (Å²) in [5.74, 6) is 0.126. The van der Waals surface area contributed by atoms with Crippen molar-refractivity contribution in [2.45, 2.75) is 18.7 Å². The summed E-state index contributed by atoms with van der Waals surface area (Å²) in [6.45, 7) is 7.39. The Kier molecular flexibility index (Phi) is 5.10. The summed E-state index contributed by atoms with van der Waals surface area (Å²) in [6.07, 6.45) is 2.03. The third-order valence-electron chi connectivity index (χ3n) is 5.15. The molecule has 1 aromatic heterocycles. The van der Waals surface area contributed by atoms with Crippen molar-refractivity contribution in [2.75, 3.05) is 37.3 Å². The Bertz CT molecular complexity index is 951. The van der Waals surface area contributed by atoms with Gasteiger partial charge in [-0.3, -0.25) is 4.79 Å². The number of amides is 1. The molecule has 140 valence electrons. The number of thioether (sulfide) groups is 1. The van der Waals surface area contributed by atoms with Gasteiger partial charge >= 0.3 is 0 Å². The Balaban J connectivity index is 1.46. The van der Waals surface area contributed by atoms with Crippen LogP contribution in [0.15, 0.2) is 41.3 Å². The van der Waals surface area contributed by atoms with E-state index in [1.807, 2.05) is 35.4 Å². The molecule has 4 rings (SSSR count). The molecule has 0 bridgehead atoms.